The number of hydrogen-bond donors (Lipinski definition) is 2. The number of thiophene rings is 1. The molecule has 328 valence electrons. The first kappa shape index (κ1) is 44.7. The molecule has 2 aliphatic heterocycles. The summed E-state index contributed by atoms with van der Waals surface area (Å²) in [6, 6.07) is 45.1. The molecule has 0 spiro atoms. The lowest BCUT2D eigenvalue weighted by Crippen LogP contribution is -2.47. The highest BCUT2D eigenvalue weighted by Crippen LogP contribution is 2.30. The number of benzene rings is 5. The number of ether oxygens (including phenoxy) is 1. The van der Waals surface area contributed by atoms with Crippen molar-refractivity contribution in [2.24, 2.45) is 10.3 Å². The van der Waals surface area contributed by atoms with E-state index in [1.54, 1.807) is 28.4 Å². The minimum absolute atomic E-state index is 0.125. The van der Waals surface area contributed by atoms with Crippen molar-refractivity contribution in [1.82, 2.24) is 20.4 Å². The Hall–Kier alpha value is -7.32. The molecule has 1 aromatic heterocycles. The maximum atomic E-state index is 13.9. The van der Waals surface area contributed by atoms with Gasteiger partial charge in [0, 0.05) is 24.3 Å². The van der Waals surface area contributed by atoms with Crippen LogP contribution in [0.5, 0.6) is 5.75 Å². The Morgan fingerprint density at radius 2 is 1.19 bits per heavy atom. The number of carbonyl (C=O) groups is 4. The van der Waals surface area contributed by atoms with Crippen molar-refractivity contribution in [3.8, 4) is 5.75 Å². The number of nitrogens with one attached hydrogen (secondary N) is 2. The Morgan fingerprint density at radius 1 is 0.641 bits per heavy atom. The number of nitrogens with zero attached hydrogens (tertiary/aromatic N) is 4. The summed E-state index contributed by atoms with van der Waals surface area (Å²) in [5.41, 5.74) is 4.12. The Kier molecular flexibility index (Phi) is 15.5. The second-order valence-corrected chi connectivity index (χ2v) is 16.1. The van der Waals surface area contributed by atoms with Gasteiger partial charge in [0.1, 0.15) is 32.1 Å². The molecule has 2 fully saturated rings. The minimum Gasteiger partial charge on any atom is -0.484 e. The van der Waals surface area contributed by atoms with E-state index in [4.69, 9.17) is 14.4 Å². The van der Waals surface area contributed by atoms with Gasteiger partial charge in [-0.3, -0.25) is 19.2 Å². The van der Waals surface area contributed by atoms with Gasteiger partial charge in [-0.2, -0.15) is 0 Å². The van der Waals surface area contributed by atoms with Crippen LogP contribution in [0.2, 0.25) is 0 Å². The molecule has 2 saturated heterocycles. The molecule has 0 aliphatic carbocycles. The topological polar surface area (TPSA) is 151 Å². The summed E-state index contributed by atoms with van der Waals surface area (Å²) in [6.45, 7) is 1.15. The first-order valence-corrected chi connectivity index (χ1v) is 21.8. The summed E-state index contributed by atoms with van der Waals surface area (Å²) < 4.78 is 5.59. The van der Waals surface area contributed by atoms with Gasteiger partial charge in [0.05, 0.1) is 37.0 Å². The maximum absolute atomic E-state index is 13.9. The van der Waals surface area contributed by atoms with Crippen LogP contribution in [-0.2, 0) is 41.9 Å². The van der Waals surface area contributed by atoms with Crippen LogP contribution >= 0.6 is 11.3 Å². The van der Waals surface area contributed by atoms with E-state index in [1.807, 2.05) is 139 Å². The molecule has 3 heterocycles. The van der Waals surface area contributed by atoms with Crippen LogP contribution in [0.25, 0.3) is 10.8 Å². The lowest BCUT2D eigenvalue weighted by atomic mass is 9.90. The predicted molar refractivity (Wildman–Crippen MR) is 248 cm³/mol. The van der Waals surface area contributed by atoms with Gasteiger partial charge < -0.3 is 34.8 Å². The van der Waals surface area contributed by atoms with Gasteiger partial charge >= 0.3 is 0 Å². The van der Waals surface area contributed by atoms with Gasteiger partial charge in [-0.25, -0.2) is 0 Å². The van der Waals surface area contributed by atoms with Crippen LogP contribution in [0.3, 0.4) is 0 Å². The van der Waals surface area contributed by atoms with E-state index in [-0.39, 0.29) is 43.3 Å². The maximum Gasteiger partial charge on any atom is 0.261 e. The number of fused-ring (bicyclic) bond motifs is 1. The van der Waals surface area contributed by atoms with E-state index in [9.17, 15) is 19.2 Å². The second-order valence-electron chi connectivity index (χ2n) is 15.1. The van der Waals surface area contributed by atoms with Crippen molar-refractivity contribution >= 4 is 57.2 Å². The fraction of sp³-hybridized carbons (Fsp3) is 0.240. The number of amides is 4. The highest BCUT2D eigenvalue weighted by Gasteiger charge is 2.41. The Bertz CT molecular complexity index is 2510. The Balaban J connectivity index is 0.000000191. The predicted octanol–water partition coefficient (Wildman–Crippen LogP) is 6.94. The van der Waals surface area contributed by atoms with Crippen molar-refractivity contribution in [1.29, 1.82) is 0 Å². The van der Waals surface area contributed by atoms with Crippen molar-refractivity contribution in [2.75, 3.05) is 33.9 Å². The van der Waals surface area contributed by atoms with E-state index in [0.717, 1.165) is 32.3 Å². The molecule has 6 aromatic rings. The van der Waals surface area contributed by atoms with Crippen molar-refractivity contribution in [3.63, 3.8) is 0 Å². The van der Waals surface area contributed by atoms with Gasteiger partial charge in [-0.15, -0.1) is 11.3 Å². The minimum atomic E-state index is -0.661. The largest absolute Gasteiger partial charge is 0.484 e. The molecule has 2 N–H and O–H groups in total. The van der Waals surface area contributed by atoms with Gasteiger partial charge in [0.15, 0.2) is 6.61 Å². The molecule has 0 saturated carbocycles. The van der Waals surface area contributed by atoms with Gasteiger partial charge in [-0.1, -0.05) is 138 Å². The fourth-order valence-corrected chi connectivity index (χ4v) is 8.54. The number of para-hydroxylation sites is 1. The first-order valence-electron chi connectivity index (χ1n) is 20.9. The van der Waals surface area contributed by atoms with Crippen molar-refractivity contribution in [3.05, 3.63) is 173 Å². The lowest BCUT2D eigenvalue weighted by Gasteiger charge is -2.28. The molecule has 64 heavy (non-hydrogen) atoms. The van der Waals surface area contributed by atoms with Crippen LogP contribution in [0.15, 0.2) is 161 Å². The molecule has 0 bridgehead atoms. The zero-order valence-corrected chi connectivity index (χ0v) is 36.5. The molecule has 2 aliphatic rings. The molecule has 0 radical (unpaired) electrons. The zero-order chi connectivity index (χ0) is 44.7. The summed E-state index contributed by atoms with van der Waals surface area (Å²) in [7, 11) is 2.92. The standard InChI is InChI=1S/C25H25N3O4.C25H25N3O3S/c1-31-27-20-14-23(28(16-20)24(29)17-32-21-11-3-2-4-12-21)25(30)26-15-19-10-7-9-18-8-5-6-13-22(18)19;1-31-27-20-15-22(24(29)26-16-21-13-8-14-32-21)28(17-20)25(30)23(18-9-4-2-5-10-18)19-11-6-3-7-12-19/h2-13,23H,14-17H2,1H3,(H,26,30);2-14,22-23H,15-17H2,1H3,(H,26,29)/t23-;22-/m00/s1. The van der Waals surface area contributed by atoms with Crippen LogP contribution in [0.4, 0.5) is 0 Å². The number of carbonyl (C=O) groups excluding carboxylic acids is 4. The number of rotatable bonds is 14. The molecular formula is C50H50N6O7S. The Morgan fingerprint density at radius 3 is 1.80 bits per heavy atom. The first-order chi connectivity index (χ1) is 31.3. The second kappa shape index (κ2) is 22.2. The molecule has 0 unspecified atom stereocenters. The third-order valence-corrected chi connectivity index (χ3v) is 11.8. The average molecular weight is 879 g/mol. The normalized spacial score (nSPS) is 16.9. The fourth-order valence-electron chi connectivity index (χ4n) is 7.89. The summed E-state index contributed by atoms with van der Waals surface area (Å²) >= 11 is 1.58. The smallest absolute Gasteiger partial charge is 0.261 e. The van der Waals surface area contributed by atoms with Crippen LogP contribution in [0.1, 0.15) is 40.3 Å². The van der Waals surface area contributed by atoms with Crippen molar-refractivity contribution in [2.45, 2.75) is 43.9 Å². The van der Waals surface area contributed by atoms with E-state index >= 15 is 0 Å². The van der Waals surface area contributed by atoms with E-state index in [0.29, 0.717) is 43.1 Å². The molecule has 4 amide bonds. The van der Waals surface area contributed by atoms with E-state index < -0.39 is 18.0 Å². The molecule has 8 rings (SSSR count). The summed E-state index contributed by atoms with van der Waals surface area (Å²) in [6.07, 6.45) is 0.679. The summed E-state index contributed by atoms with van der Waals surface area (Å²) in [5, 5.41) is 18.2. The van der Waals surface area contributed by atoms with E-state index in [1.165, 1.54) is 19.1 Å². The van der Waals surface area contributed by atoms with Gasteiger partial charge in [-0.05, 0) is 51.0 Å². The SMILES string of the molecule is CON=C1C[C@@H](C(=O)NCc2cccc3ccccc23)N(C(=O)COc2ccccc2)C1.CON=C1C[C@@H](C(=O)NCc2cccs2)N(C(=O)C(c2ccccc2)c2ccccc2)C1. The van der Waals surface area contributed by atoms with Gasteiger partial charge in [0.25, 0.3) is 5.91 Å². The van der Waals surface area contributed by atoms with E-state index in [2.05, 4.69) is 20.9 Å². The van der Waals surface area contributed by atoms with Gasteiger partial charge in [0.2, 0.25) is 17.7 Å². The highest BCUT2D eigenvalue weighted by molar-refractivity contribution is 7.09. The number of oxime groups is 2. The monoisotopic (exact) mass is 878 g/mol. The number of likely N-dealkylation sites (tertiary alicyclic amines) is 2. The highest BCUT2D eigenvalue weighted by atomic mass is 32.1. The molecular weight excluding hydrogens is 829 g/mol. The van der Waals surface area contributed by atoms with Crippen LogP contribution < -0.4 is 15.4 Å². The number of hydrogen-bond acceptors (Lipinski definition) is 10. The quantitative estimate of drug-likeness (QED) is 0.113. The molecule has 5 aromatic carbocycles. The van der Waals surface area contributed by atoms with Crippen molar-refractivity contribution < 1.29 is 33.6 Å². The summed E-state index contributed by atoms with van der Waals surface area (Å²) in [4.78, 5) is 66.9. The van der Waals surface area contributed by atoms with Crippen LogP contribution in [0, 0.1) is 0 Å². The molecule has 13 nitrogen and oxygen atoms in total. The Labute approximate surface area is 376 Å². The third-order valence-electron chi connectivity index (χ3n) is 10.9. The average Bonchev–Trinajstić information content (AvgIpc) is 4.12. The molecule has 14 heteroatoms. The zero-order valence-electron chi connectivity index (χ0n) is 35.7. The molecule has 2 atom stereocenters. The third kappa shape index (κ3) is 11.4. The lowest BCUT2D eigenvalue weighted by molar-refractivity contribution is -0.139. The summed E-state index contributed by atoms with van der Waals surface area (Å²) in [5.74, 6) is -0.727. The van der Waals surface area contributed by atoms with Crippen LogP contribution in [-0.4, -0.2) is 90.9 Å².